The maximum absolute atomic E-state index is 13.1. The van der Waals surface area contributed by atoms with E-state index in [4.69, 9.17) is 9.15 Å². The minimum Gasteiger partial charge on any atom is -0.494 e. The van der Waals surface area contributed by atoms with Crippen LogP contribution in [0.1, 0.15) is 22.8 Å². The van der Waals surface area contributed by atoms with Crippen molar-refractivity contribution in [3.8, 4) is 17.2 Å². The minimum atomic E-state index is -0.283. The average Bonchev–Trinajstić information content (AvgIpc) is 3.28. The summed E-state index contributed by atoms with van der Waals surface area (Å²) in [7, 11) is 1.58. The quantitative estimate of drug-likeness (QED) is 0.571. The number of halogens is 1. The highest BCUT2D eigenvalue weighted by atomic mass is 19.1. The summed E-state index contributed by atoms with van der Waals surface area (Å²) in [6.07, 6.45) is 2.14. The maximum Gasteiger partial charge on any atom is 0.251 e. The fourth-order valence-electron chi connectivity index (χ4n) is 3.03. The highest BCUT2D eigenvalue weighted by Crippen LogP contribution is 2.37. The van der Waals surface area contributed by atoms with E-state index in [0.29, 0.717) is 29.5 Å². The van der Waals surface area contributed by atoms with E-state index in [9.17, 15) is 4.39 Å². The number of nitrogens with zero attached hydrogens (tertiary/aromatic N) is 3. The van der Waals surface area contributed by atoms with E-state index in [-0.39, 0.29) is 5.82 Å². The van der Waals surface area contributed by atoms with Gasteiger partial charge in [-0.15, -0.1) is 10.2 Å². The lowest BCUT2D eigenvalue weighted by Crippen LogP contribution is -1.92. The molecule has 0 amide bonds. The molecule has 6 nitrogen and oxygen atoms in total. The van der Waals surface area contributed by atoms with Crippen molar-refractivity contribution in [3.05, 3.63) is 65.6 Å². The average molecular weight is 364 g/mol. The van der Waals surface area contributed by atoms with Gasteiger partial charge in [-0.25, -0.2) is 9.37 Å². The van der Waals surface area contributed by atoms with Crippen molar-refractivity contribution in [2.45, 2.75) is 13.3 Å². The second-order valence-corrected chi connectivity index (χ2v) is 6.10. The predicted molar refractivity (Wildman–Crippen MR) is 100.0 cm³/mol. The number of H-pyrrole nitrogens is 1. The number of ether oxygens (including phenoxy) is 1. The third-order valence-corrected chi connectivity index (χ3v) is 4.26. The van der Waals surface area contributed by atoms with Crippen molar-refractivity contribution in [1.29, 1.82) is 0 Å². The van der Waals surface area contributed by atoms with E-state index in [1.54, 1.807) is 25.3 Å². The van der Waals surface area contributed by atoms with Gasteiger partial charge in [0.25, 0.3) is 5.89 Å². The predicted octanol–water partition coefficient (Wildman–Crippen LogP) is 4.30. The molecule has 0 aliphatic carbocycles. The Kier molecular flexibility index (Phi) is 4.19. The van der Waals surface area contributed by atoms with Gasteiger partial charge >= 0.3 is 0 Å². The summed E-state index contributed by atoms with van der Waals surface area (Å²) in [4.78, 5) is 7.70. The molecule has 0 unspecified atom stereocenters. The number of aromatic amines is 1. The smallest absolute Gasteiger partial charge is 0.251 e. The Morgan fingerprint density at radius 3 is 2.74 bits per heavy atom. The van der Waals surface area contributed by atoms with Crippen molar-refractivity contribution in [2.75, 3.05) is 7.11 Å². The summed E-state index contributed by atoms with van der Waals surface area (Å²) in [5.74, 6) is 1.83. The molecule has 0 fully saturated rings. The normalized spacial score (nSPS) is 11.1. The standard InChI is InChI=1S/C20H17FN4O2/c1-4-13-10-15(19(26-3)18-17(13)22-11(2)23-18)20-25-24-16(27-20)9-12-5-7-14(21)8-6-12/h4-8,10H,1,9H2,2-3H3,(H,22,23). The first kappa shape index (κ1) is 17.0. The molecule has 136 valence electrons. The van der Waals surface area contributed by atoms with Gasteiger partial charge in [0.2, 0.25) is 5.89 Å². The molecular weight excluding hydrogens is 347 g/mol. The van der Waals surface area contributed by atoms with Crippen LogP contribution in [0, 0.1) is 12.7 Å². The number of hydrogen-bond acceptors (Lipinski definition) is 5. The zero-order valence-electron chi connectivity index (χ0n) is 14.9. The molecule has 0 bridgehead atoms. The first-order valence-corrected chi connectivity index (χ1v) is 8.36. The van der Waals surface area contributed by atoms with E-state index in [2.05, 4.69) is 26.7 Å². The maximum atomic E-state index is 13.1. The molecule has 0 aliphatic rings. The Balaban J connectivity index is 1.77. The Hall–Kier alpha value is -3.48. The van der Waals surface area contributed by atoms with Crippen LogP contribution in [0.2, 0.25) is 0 Å². The topological polar surface area (TPSA) is 76.8 Å². The van der Waals surface area contributed by atoms with Gasteiger partial charge in [-0.2, -0.15) is 0 Å². The lowest BCUT2D eigenvalue weighted by atomic mass is 10.1. The van der Waals surface area contributed by atoms with Gasteiger partial charge in [0.05, 0.1) is 24.6 Å². The first-order chi connectivity index (χ1) is 13.1. The summed E-state index contributed by atoms with van der Waals surface area (Å²) >= 11 is 0. The van der Waals surface area contributed by atoms with Crippen LogP contribution in [0.25, 0.3) is 28.6 Å². The number of methoxy groups -OCH3 is 1. The van der Waals surface area contributed by atoms with Gasteiger partial charge in [0.1, 0.15) is 17.2 Å². The van der Waals surface area contributed by atoms with Crippen LogP contribution in [0.5, 0.6) is 5.75 Å². The van der Waals surface area contributed by atoms with Crippen molar-refractivity contribution >= 4 is 17.1 Å². The Labute approximate surface area is 154 Å². The van der Waals surface area contributed by atoms with Crippen molar-refractivity contribution in [2.24, 2.45) is 0 Å². The van der Waals surface area contributed by atoms with Gasteiger partial charge in [-0.3, -0.25) is 0 Å². The van der Waals surface area contributed by atoms with E-state index in [1.165, 1.54) is 12.1 Å². The lowest BCUT2D eigenvalue weighted by molar-refractivity contribution is 0.417. The van der Waals surface area contributed by atoms with Gasteiger partial charge in [0, 0.05) is 5.56 Å². The van der Waals surface area contributed by atoms with Crippen LogP contribution in [-0.4, -0.2) is 27.3 Å². The first-order valence-electron chi connectivity index (χ1n) is 8.36. The molecule has 2 heterocycles. The highest BCUT2D eigenvalue weighted by molar-refractivity contribution is 5.95. The number of nitrogens with one attached hydrogen (secondary N) is 1. The molecule has 4 rings (SSSR count). The zero-order valence-corrected chi connectivity index (χ0v) is 14.9. The molecule has 0 saturated heterocycles. The number of imidazole rings is 1. The summed E-state index contributed by atoms with van der Waals surface area (Å²) < 4.78 is 24.5. The minimum absolute atomic E-state index is 0.283. The molecule has 0 spiro atoms. The molecule has 4 aromatic rings. The van der Waals surface area contributed by atoms with Gasteiger partial charge in [-0.1, -0.05) is 24.8 Å². The van der Waals surface area contributed by atoms with Crippen LogP contribution in [-0.2, 0) is 6.42 Å². The number of aryl methyl sites for hydroxylation is 1. The van der Waals surface area contributed by atoms with E-state index in [0.717, 1.165) is 28.0 Å². The molecule has 0 radical (unpaired) electrons. The number of aromatic nitrogens is 4. The molecule has 0 aliphatic heterocycles. The van der Waals surface area contributed by atoms with E-state index < -0.39 is 0 Å². The van der Waals surface area contributed by atoms with Gasteiger partial charge in [-0.05, 0) is 30.7 Å². The molecule has 7 heteroatoms. The van der Waals surface area contributed by atoms with Crippen LogP contribution >= 0.6 is 0 Å². The van der Waals surface area contributed by atoms with Gasteiger partial charge in [0.15, 0.2) is 5.75 Å². The third kappa shape index (κ3) is 3.08. The third-order valence-electron chi connectivity index (χ3n) is 4.26. The summed E-state index contributed by atoms with van der Waals surface area (Å²) in [5, 5.41) is 8.27. The van der Waals surface area contributed by atoms with Crippen LogP contribution < -0.4 is 4.74 Å². The summed E-state index contributed by atoms with van der Waals surface area (Å²) in [6, 6.07) is 8.05. The highest BCUT2D eigenvalue weighted by Gasteiger charge is 2.20. The summed E-state index contributed by atoms with van der Waals surface area (Å²) in [5.41, 5.74) is 3.89. The van der Waals surface area contributed by atoms with Gasteiger partial charge < -0.3 is 14.1 Å². The largest absolute Gasteiger partial charge is 0.494 e. The number of benzene rings is 2. The molecule has 2 aromatic heterocycles. The summed E-state index contributed by atoms with van der Waals surface area (Å²) in [6.45, 7) is 5.73. The fourth-order valence-corrected chi connectivity index (χ4v) is 3.03. The second-order valence-electron chi connectivity index (χ2n) is 6.10. The Morgan fingerprint density at radius 2 is 2.04 bits per heavy atom. The van der Waals surface area contributed by atoms with Crippen LogP contribution in [0.3, 0.4) is 0 Å². The molecule has 0 saturated carbocycles. The number of fused-ring (bicyclic) bond motifs is 1. The monoisotopic (exact) mass is 364 g/mol. The molecule has 2 aromatic carbocycles. The van der Waals surface area contributed by atoms with Crippen LogP contribution in [0.4, 0.5) is 4.39 Å². The Morgan fingerprint density at radius 1 is 1.26 bits per heavy atom. The SMILES string of the molecule is C=Cc1cc(-c2nnc(Cc3ccc(F)cc3)o2)c(OC)c2[nH]c(C)nc12. The van der Waals surface area contributed by atoms with Crippen molar-refractivity contribution < 1.29 is 13.5 Å². The molecule has 0 atom stereocenters. The number of hydrogen-bond donors (Lipinski definition) is 1. The van der Waals surface area contributed by atoms with Crippen molar-refractivity contribution in [1.82, 2.24) is 20.2 Å². The van der Waals surface area contributed by atoms with E-state index >= 15 is 0 Å². The zero-order chi connectivity index (χ0) is 19.0. The molecular formula is C20H17FN4O2. The molecule has 27 heavy (non-hydrogen) atoms. The van der Waals surface area contributed by atoms with Crippen LogP contribution in [0.15, 0.2) is 41.3 Å². The van der Waals surface area contributed by atoms with E-state index in [1.807, 2.05) is 13.0 Å². The Bertz CT molecular complexity index is 1130. The molecule has 1 N–H and O–H groups in total. The van der Waals surface area contributed by atoms with Crippen molar-refractivity contribution in [3.63, 3.8) is 0 Å². The second kappa shape index (κ2) is 6.68. The lowest BCUT2D eigenvalue weighted by Gasteiger charge is -2.08. The number of rotatable bonds is 5. The fraction of sp³-hybridized carbons (Fsp3) is 0.150.